The van der Waals surface area contributed by atoms with Crippen molar-refractivity contribution in [3.05, 3.63) is 0 Å². The standard InChI is InChI=1S/C11H21N3O2/c1-4-12-7-8(2)10(15)13-9-5-6-14(3)11(9)16/h8-9,12H,4-7H2,1-3H3,(H,13,15). The lowest BCUT2D eigenvalue weighted by atomic mass is 10.1. The van der Waals surface area contributed by atoms with Crippen LogP contribution < -0.4 is 10.6 Å². The molecule has 5 heteroatoms. The number of carbonyl (C=O) groups excluding carboxylic acids is 2. The van der Waals surface area contributed by atoms with Crippen molar-refractivity contribution in [2.75, 3.05) is 26.7 Å². The Morgan fingerprint density at radius 1 is 1.62 bits per heavy atom. The van der Waals surface area contributed by atoms with E-state index < -0.39 is 0 Å². The first-order valence-corrected chi connectivity index (χ1v) is 5.82. The maximum Gasteiger partial charge on any atom is 0.244 e. The lowest BCUT2D eigenvalue weighted by Gasteiger charge is -2.16. The van der Waals surface area contributed by atoms with E-state index in [1.54, 1.807) is 11.9 Å². The SMILES string of the molecule is CCNCC(C)C(=O)NC1CCN(C)C1=O. The molecule has 2 N–H and O–H groups in total. The number of likely N-dealkylation sites (N-methyl/N-ethyl adjacent to an activating group) is 1. The lowest BCUT2D eigenvalue weighted by molar-refractivity contribution is -0.133. The van der Waals surface area contributed by atoms with Crippen LogP contribution in [0.15, 0.2) is 0 Å². The molecule has 0 bridgehead atoms. The number of hydrogen-bond donors (Lipinski definition) is 2. The molecular formula is C11H21N3O2. The molecule has 16 heavy (non-hydrogen) atoms. The minimum atomic E-state index is -0.318. The summed E-state index contributed by atoms with van der Waals surface area (Å²) in [6.45, 7) is 6.09. The molecule has 0 saturated carbocycles. The van der Waals surface area contributed by atoms with E-state index in [-0.39, 0.29) is 23.8 Å². The minimum absolute atomic E-state index is 0.0176. The Morgan fingerprint density at radius 2 is 2.31 bits per heavy atom. The molecule has 92 valence electrons. The Hall–Kier alpha value is -1.10. The van der Waals surface area contributed by atoms with E-state index in [0.29, 0.717) is 6.54 Å². The fourth-order valence-corrected chi connectivity index (χ4v) is 1.72. The summed E-state index contributed by atoms with van der Waals surface area (Å²) in [7, 11) is 1.76. The molecule has 2 atom stereocenters. The fraction of sp³-hybridized carbons (Fsp3) is 0.818. The van der Waals surface area contributed by atoms with Crippen LogP contribution in [0.3, 0.4) is 0 Å². The van der Waals surface area contributed by atoms with Gasteiger partial charge < -0.3 is 15.5 Å². The predicted octanol–water partition coefficient (Wildman–Crippen LogP) is -0.421. The number of amides is 2. The highest BCUT2D eigenvalue weighted by molar-refractivity contribution is 5.89. The molecule has 1 aliphatic rings. The Kier molecular flexibility index (Phi) is 4.73. The van der Waals surface area contributed by atoms with Crippen LogP contribution in [0.1, 0.15) is 20.3 Å². The molecule has 1 aliphatic heterocycles. The Morgan fingerprint density at radius 3 is 2.81 bits per heavy atom. The van der Waals surface area contributed by atoms with Crippen molar-refractivity contribution in [3.63, 3.8) is 0 Å². The second-order valence-electron chi connectivity index (χ2n) is 4.32. The van der Waals surface area contributed by atoms with Crippen molar-refractivity contribution in [3.8, 4) is 0 Å². The maximum atomic E-state index is 11.7. The number of hydrogen-bond acceptors (Lipinski definition) is 3. The summed E-state index contributed by atoms with van der Waals surface area (Å²) in [4.78, 5) is 25.0. The third kappa shape index (κ3) is 3.20. The van der Waals surface area contributed by atoms with Gasteiger partial charge in [0.05, 0.1) is 0 Å². The van der Waals surface area contributed by atoms with Gasteiger partial charge in [-0.15, -0.1) is 0 Å². The second-order valence-corrected chi connectivity index (χ2v) is 4.32. The maximum absolute atomic E-state index is 11.7. The number of rotatable bonds is 5. The monoisotopic (exact) mass is 227 g/mol. The van der Waals surface area contributed by atoms with Gasteiger partial charge in [0.25, 0.3) is 0 Å². The van der Waals surface area contributed by atoms with Gasteiger partial charge in [0.2, 0.25) is 11.8 Å². The molecule has 0 aliphatic carbocycles. The molecule has 5 nitrogen and oxygen atoms in total. The molecule has 0 aromatic heterocycles. The molecular weight excluding hydrogens is 206 g/mol. The molecule has 0 aromatic rings. The zero-order chi connectivity index (χ0) is 12.1. The number of nitrogens with one attached hydrogen (secondary N) is 2. The highest BCUT2D eigenvalue weighted by Crippen LogP contribution is 2.09. The third-order valence-corrected chi connectivity index (χ3v) is 2.89. The average molecular weight is 227 g/mol. The Labute approximate surface area is 96.6 Å². The van der Waals surface area contributed by atoms with Crippen molar-refractivity contribution in [2.24, 2.45) is 5.92 Å². The number of nitrogens with zero attached hydrogens (tertiary/aromatic N) is 1. The predicted molar refractivity (Wildman–Crippen MR) is 61.9 cm³/mol. The lowest BCUT2D eigenvalue weighted by Crippen LogP contribution is -2.44. The van der Waals surface area contributed by atoms with Crippen molar-refractivity contribution in [1.29, 1.82) is 0 Å². The van der Waals surface area contributed by atoms with Gasteiger partial charge in [0, 0.05) is 26.1 Å². The fourth-order valence-electron chi connectivity index (χ4n) is 1.72. The van der Waals surface area contributed by atoms with Crippen LogP contribution in [-0.4, -0.2) is 49.4 Å². The summed E-state index contributed by atoms with van der Waals surface area (Å²) in [5.41, 5.74) is 0. The van der Waals surface area contributed by atoms with E-state index in [9.17, 15) is 9.59 Å². The quantitative estimate of drug-likeness (QED) is 0.670. The van der Waals surface area contributed by atoms with Crippen LogP contribution in [0.5, 0.6) is 0 Å². The summed E-state index contributed by atoms with van der Waals surface area (Å²) in [6, 6.07) is -0.318. The first-order chi connectivity index (χ1) is 7.56. The molecule has 2 amide bonds. The van der Waals surface area contributed by atoms with Gasteiger partial charge in [-0.05, 0) is 13.0 Å². The Balaban J connectivity index is 2.36. The highest BCUT2D eigenvalue weighted by atomic mass is 16.2. The van der Waals surface area contributed by atoms with Gasteiger partial charge in [-0.25, -0.2) is 0 Å². The van der Waals surface area contributed by atoms with Gasteiger partial charge >= 0.3 is 0 Å². The third-order valence-electron chi connectivity index (χ3n) is 2.89. The molecule has 1 rings (SSSR count). The number of carbonyl (C=O) groups is 2. The van der Waals surface area contributed by atoms with Crippen molar-refractivity contribution in [1.82, 2.24) is 15.5 Å². The van der Waals surface area contributed by atoms with Crippen LogP contribution in [-0.2, 0) is 9.59 Å². The van der Waals surface area contributed by atoms with Gasteiger partial charge in [-0.3, -0.25) is 9.59 Å². The smallest absolute Gasteiger partial charge is 0.244 e. The summed E-state index contributed by atoms with van der Waals surface area (Å²) in [5, 5.41) is 5.92. The van der Waals surface area contributed by atoms with Crippen LogP contribution in [0.25, 0.3) is 0 Å². The normalized spacial score (nSPS) is 22.3. The van der Waals surface area contributed by atoms with Gasteiger partial charge in [-0.2, -0.15) is 0 Å². The molecule has 1 fully saturated rings. The summed E-state index contributed by atoms with van der Waals surface area (Å²) < 4.78 is 0. The van der Waals surface area contributed by atoms with Crippen molar-refractivity contribution >= 4 is 11.8 Å². The van der Waals surface area contributed by atoms with E-state index in [4.69, 9.17) is 0 Å². The van der Waals surface area contributed by atoms with Crippen LogP contribution in [0, 0.1) is 5.92 Å². The largest absolute Gasteiger partial charge is 0.344 e. The molecule has 0 spiro atoms. The van der Waals surface area contributed by atoms with E-state index in [1.807, 2.05) is 13.8 Å². The zero-order valence-electron chi connectivity index (χ0n) is 10.2. The van der Waals surface area contributed by atoms with Crippen LogP contribution in [0.2, 0.25) is 0 Å². The van der Waals surface area contributed by atoms with E-state index in [2.05, 4.69) is 10.6 Å². The minimum Gasteiger partial charge on any atom is -0.344 e. The Bertz CT molecular complexity index is 268. The van der Waals surface area contributed by atoms with Crippen LogP contribution in [0.4, 0.5) is 0 Å². The van der Waals surface area contributed by atoms with Crippen molar-refractivity contribution < 1.29 is 9.59 Å². The summed E-state index contributed by atoms with van der Waals surface area (Å²) in [5.74, 6) is -0.128. The van der Waals surface area contributed by atoms with Crippen LogP contribution >= 0.6 is 0 Å². The van der Waals surface area contributed by atoms with E-state index in [0.717, 1.165) is 19.5 Å². The van der Waals surface area contributed by atoms with E-state index >= 15 is 0 Å². The summed E-state index contributed by atoms with van der Waals surface area (Å²) in [6.07, 6.45) is 0.717. The molecule has 1 heterocycles. The second kappa shape index (κ2) is 5.84. The summed E-state index contributed by atoms with van der Waals surface area (Å²) >= 11 is 0. The molecule has 1 saturated heterocycles. The zero-order valence-corrected chi connectivity index (χ0v) is 10.2. The molecule has 2 unspecified atom stereocenters. The average Bonchev–Trinajstić information content (AvgIpc) is 2.57. The highest BCUT2D eigenvalue weighted by Gasteiger charge is 2.30. The number of likely N-dealkylation sites (tertiary alicyclic amines) is 1. The molecule has 0 aromatic carbocycles. The first-order valence-electron chi connectivity index (χ1n) is 5.82. The molecule has 0 radical (unpaired) electrons. The van der Waals surface area contributed by atoms with Gasteiger partial charge in [-0.1, -0.05) is 13.8 Å². The first kappa shape index (κ1) is 13.0. The van der Waals surface area contributed by atoms with Gasteiger partial charge in [0.15, 0.2) is 0 Å². The van der Waals surface area contributed by atoms with Gasteiger partial charge in [0.1, 0.15) is 6.04 Å². The van der Waals surface area contributed by atoms with Crippen molar-refractivity contribution in [2.45, 2.75) is 26.3 Å². The topological polar surface area (TPSA) is 61.4 Å². The van der Waals surface area contributed by atoms with E-state index in [1.165, 1.54) is 0 Å².